The number of esters is 2. The third kappa shape index (κ3) is 4.08. The van der Waals surface area contributed by atoms with Gasteiger partial charge >= 0.3 is 11.9 Å². The van der Waals surface area contributed by atoms with Crippen LogP contribution in [-0.2, 0) is 23.9 Å². The summed E-state index contributed by atoms with van der Waals surface area (Å²) in [6.45, 7) is 7.24. The zero-order valence-corrected chi connectivity index (χ0v) is 19.3. The van der Waals surface area contributed by atoms with E-state index in [2.05, 4.69) is 21.2 Å². The summed E-state index contributed by atoms with van der Waals surface area (Å²) in [7, 11) is 1.28. The standard InChI is InChI=1S/C23H26BrNO5/c1-11(2)30-23(28)18-13(4)25-16-9-12(3)17(22(27)29-5)21(26)20(16)19(18)14-7-6-8-15(24)10-14/h6-8,10-12,17,19,25H,9H2,1-5H3/t12-,17-,19-/m0/s1. The quantitative estimate of drug-likeness (QED) is 0.523. The molecule has 1 heterocycles. The highest BCUT2D eigenvalue weighted by Crippen LogP contribution is 2.45. The zero-order valence-electron chi connectivity index (χ0n) is 17.7. The molecule has 0 bridgehead atoms. The molecule has 0 fully saturated rings. The van der Waals surface area contributed by atoms with Crippen molar-refractivity contribution in [3.05, 3.63) is 56.8 Å². The molecule has 0 amide bonds. The van der Waals surface area contributed by atoms with Gasteiger partial charge in [-0.25, -0.2) is 4.79 Å². The Balaban J connectivity index is 2.19. The van der Waals surface area contributed by atoms with Crippen LogP contribution in [-0.4, -0.2) is 30.9 Å². The van der Waals surface area contributed by atoms with Crippen molar-refractivity contribution >= 4 is 33.7 Å². The van der Waals surface area contributed by atoms with Crippen LogP contribution in [0, 0.1) is 11.8 Å². The van der Waals surface area contributed by atoms with E-state index < -0.39 is 23.8 Å². The smallest absolute Gasteiger partial charge is 0.337 e. The minimum absolute atomic E-state index is 0.212. The molecule has 1 aliphatic heterocycles. The summed E-state index contributed by atoms with van der Waals surface area (Å²) >= 11 is 3.48. The van der Waals surface area contributed by atoms with E-state index in [1.165, 1.54) is 7.11 Å². The lowest BCUT2D eigenvalue weighted by molar-refractivity contribution is -0.151. The van der Waals surface area contributed by atoms with Gasteiger partial charge in [0.05, 0.1) is 18.8 Å². The Morgan fingerprint density at radius 2 is 1.97 bits per heavy atom. The average Bonchev–Trinajstić information content (AvgIpc) is 2.65. The van der Waals surface area contributed by atoms with E-state index in [4.69, 9.17) is 9.47 Å². The highest BCUT2D eigenvalue weighted by atomic mass is 79.9. The van der Waals surface area contributed by atoms with Crippen LogP contribution in [0.4, 0.5) is 0 Å². The van der Waals surface area contributed by atoms with Gasteiger partial charge in [-0.2, -0.15) is 0 Å². The molecule has 0 spiro atoms. The van der Waals surface area contributed by atoms with E-state index in [1.807, 2.05) is 38.1 Å². The highest BCUT2D eigenvalue weighted by Gasteiger charge is 2.47. The third-order valence-corrected chi connectivity index (χ3v) is 5.98. The topological polar surface area (TPSA) is 81.7 Å². The van der Waals surface area contributed by atoms with Crippen molar-refractivity contribution < 1.29 is 23.9 Å². The van der Waals surface area contributed by atoms with Crippen molar-refractivity contribution in [2.75, 3.05) is 7.11 Å². The molecule has 0 radical (unpaired) electrons. The largest absolute Gasteiger partial charge is 0.468 e. The predicted octanol–water partition coefficient (Wildman–Crippen LogP) is 4.01. The maximum atomic E-state index is 13.6. The van der Waals surface area contributed by atoms with E-state index in [-0.39, 0.29) is 17.8 Å². The predicted molar refractivity (Wildman–Crippen MR) is 115 cm³/mol. The number of allylic oxidation sites excluding steroid dienone is 3. The molecule has 1 N–H and O–H groups in total. The molecule has 3 atom stereocenters. The van der Waals surface area contributed by atoms with E-state index in [0.717, 1.165) is 15.7 Å². The maximum absolute atomic E-state index is 13.6. The first-order valence-electron chi connectivity index (χ1n) is 9.95. The molecule has 2 aliphatic rings. The van der Waals surface area contributed by atoms with Crippen molar-refractivity contribution in [3.63, 3.8) is 0 Å². The molecule has 3 rings (SSSR count). The van der Waals surface area contributed by atoms with Crippen LogP contribution >= 0.6 is 15.9 Å². The number of dihydropyridines is 1. The average molecular weight is 476 g/mol. The Kier molecular flexibility index (Phi) is 6.50. The lowest BCUT2D eigenvalue weighted by Crippen LogP contribution is -2.43. The summed E-state index contributed by atoms with van der Waals surface area (Å²) in [5, 5.41) is 3.25. The first-order valence-corrected chi connectivity index (χ1v) is 10.7. The van der Waals surface area contributed by atoms with Gasteiger partial charge in [0.1, 0.15) is 5.92 Å². The van der Waals surface area contributed by atoms with Gasteiger partial charge in [-0.15, -0.1) is 0 Å². The summed E-state index contributed by atoms with van der Waals surface area (Å²) < 4.78 is 11.2. The van der Waals surface area contributed by atoms with Gasteiger partial charge in [0.25, 0.3) is 0 Å². The third-order valence-electron chi connectivity index (χ3n) is 5.49. The van der Waals surface area contributed by atoms with Crippen LogP contribution in [0.5, 0.6) is 0 Å². The second kappa shape index (κ2) is 8.76. The number of halogens is 1. The first-order chi connectivity index (χ1) is 14.1. The molecule has 1 aromatic carbocycles. The van der Waals surface area contributed by atoms with Gasteiger partial charge in [0.15, 0.2) is 5.78 Å². The van der Waals surface area contributed by atoms with Crippen LogP contribution in [0.1, 0.15) is 45.6 Å². The molecular formula is C23H26BrNO5. The van der Waals surface area contributed by atoms with Gasteiger partial charge in [-0.3, -0.25) is 9.59 Å². The van der Waals surface area contributed by atoms with Crippen LogP contribution in [0.3, 0.4) is 0 Å². The summed E-state index contributed by atoms with van der Waals surface area (Å²) in [4.78, 5) is 39.0. The minimum atomic E-state index is -0.897. The van der Waals surface area contributed by atoms with Gasteiger partial charge in [0, 0.05) is 27.4 Å². The second-order valence-corrected chi connectivity index (χ2v) is 8.96. The van der Waals surface area contributed by atoms with Crippen molar-refractivity contribution in [1.29, 1.82) is 0 Å². The van der Waals surface area contributed by atoms with Crippen LogP contribution in [0.2, 0.25) is 0 Å². The normalized spacial score (nSPS) is 23.8. The fourth-order valence-electron chi connectivity index (χ4n) is 4.25. The van der Waals surface area contributed by atoms with E-state index >= 15 is 0 Å². The minimum Gasteiger partial charge on any atom is -0.468 e. The lowest BCUT2D eigenvalue weighted by atomic mass is 9.69. The van der Waals surface area contributed by atoms with Crippen LogP contribution < -0.4 is 5.32 Å². The number of methoxy groups -OCH3 is 1. The Morgan fingerprint density at radius 1 is 1.27 bits per heavy atom. The molecule has 0 saturated carbocycles. The molecule has 7 heteroatoms. The molecule has 160 valence electrons. The van der Waals surface area contributed by atoms with Gasteiger partial charge < -0.3 is 14.8 Å². The van der Waals surface area contributed by atoms with Crippen molar-refractivity contribution in [3.8, 4) is 0 Å². The molecule has 1 aromatic rings. The lowest BCUT2D eigenvalue weighted by Gasteiger charge is -2.38. The molecule has 0 unspecified atom stereocenters. The molecule has 0 saturated heterocycles. The number of carbonyl (C=O) groups is 3. The number of hydrogen-bond acceptors (Lipinski definition) is 6. The number of Topliss-reactive ketones (excluding diaryl/α,β-unsaturated/α-hetero) is 1. The number of rotatable bonds is 4. The molecule has 30 heavy (non-hydrogen) atoms. The van der Waals surface area contributed by atoms with E-state index in [9.17, 15) is 14.4 Å². The van der Waals surface area contributed by atoms with Gasteiger partial charge in [-0.1, -0.05) is 35.0 Å². The van der Waals surface area contributed by atoms with Crippen molar-refractivity contribution in [2.24, 2.45) is 11.8 Å². The molecule has 6 nitrogen and oxygen atoms in total. The van der Waals surface area contributed by atoms with Gasteiger partial charge in [0.2, 0.25) is 0 Å². The molecular weight excluding hydrogens is 450 g/mol. The Labute approximate surface area is 184 Å². The number of hydrogen-bond donors (Lipinski definition) is 1. The maximum Gasteiger partial charge on any atom is 0.337 e. The SMILES string of the molecule is COC(=O)[C@@H]1C(=O)C2=C(C[C@@H]1C)NC(C)=C(C(=O)OC(C)C)[C@@H]2c1cccc(Br)c1. The van der Waals surface area contributed by atoms with Crippen LogP contribution in [0.25, 0.3) is 0 Å². The number of ketones is 1. The van der Waals surface area contributed by atoms with Crippen molar-refractivity contribution in [2.45, 2.75) is 46.1 Å². The summed E-state index contributed by atoms with van der Waals surface area (Å²) in [6.07, 6.45) is 0.205. The number of ether oxygens (including phenoxy) is 2. The van der Waals surface area contributed by atoms with E-state index in [0.29, 0.717) is 23.3 Å². The summed E-state index contributed by atoms with van der Waals surface area (Å²) in [6, 6.07) is 7.50. The molecule has 1 aliphatic carbocycles. The summed E-state index contributed by atoms with van der Waals surface area (Å²) in [5.41, 5.74) is 2.99. The number of nitrogens with one attached hydrogen (secondary N) is 1. The Morgan fingerprint density at radius 3 is 2.57 bits per heavy atom. The van der Waals surface area contributed by atoms with E-state index in [1.54, 1.807) is 13.8 Å². The fourth-order valence-corrected chi connectivity index (χ4v) is 4.67. The number of benzene rings is 1. The van der Waals surface area contributed by atoms with Crippen LogP contribution in [0.15, 0.2) is 51.3 Å². The monoisotopic (exact) mass is 475 g/mol. The first kappa shape index (κ1) is 22.3. The number of carbonyl (C=O) groups excluding carboxylic acids is 3. The van der Waals surface area contributed by atoms with Crippen molar-refractivity contribution in [1.82, 2.24) is 5.32 Å². The Bertz CT molecular complexity index is 962. The fraction of sp³-hybridized carbons (Fsp3) is 0.435. The highest BCUT2D eigenvalue weighted by molar-refractivity contribution is 9.10. The zero-order chi connectivity index (χ0) is 22.2. The summed E-state index contributed by atoms with van der Waals surface area (Å²) in [5.74, 6) is -3.08. The second-order valence-electron chi connectivity index (χ2n) is 8.04. The Hall–Kier alpha value is -2.41. The molecule has 0 aromatic heterocycles. The van der Waals surface area contributed by atoms with Gasteiger partial charge in [-0.05, 0) is 50.8 Å².